The van der Waals surface area contributed by atoms with Crippen LogP contribution in [0.4, 0.5) is 9.59 Å². The Morgan fingerprint density at radius 3 is 2.52 bits per heavy atom. The topological polar surface area (TPSA) is 208 Å². The number of nitrogens with one attached hydrogen (secondary N) is 1. The number of nitrogens with zero attached hydrogens (tertiary/aromatic N) is 3. The molecule has 0 aliphatic carbocycles. The highest BCUT2D eigenvalue weighted by molar-refractivity contribution is 7.46. The van der Waals surface area contributed by atoms with E-state index in [9.17, 15) is 29.2 Å². The molecule has 0 aromatic carbocycles. The van der Waals surface area contributed by atoms with Gasteiger partial charge in [-0.1, -0.05) is 0 Å². The number of hydrogen-bond donors (Lipinski definition) is 5. The van der Waals surface area contributed by atoms with Gasteiger partial charge in [0.05, 0.1) is 6.61 Å². The van der Waals surface area contributed by atoms with Crippen LogP contribution in [0.5, 0.6) is 0 Å². The molecule has 0 bridgehead atoms. The third-order valence-electron chi connectivity index (χ3n) is 3.50. The SMILES string of the molecule is O=C1N=C2C(=NC(=O)N2[C@@H]2O[C@H](COP(=O)(O)O)[C@@H](O)[C@H]2O)C(=O)N1. The molecule has 0 unspecified atom stereocenters. The van der Waals surface area contributed by atoms with E-state index in [0.717, 1.165) is 0 Å². The van der Waals surface area contributed by atoms with Crippen molar-refractivity contribution in [2.75, 3.05) is 6.61 Å². The number of imide groups is 1. The van der Waals surface area contributed by atoms with Gasteiger partial charge in [0, 0.05) is 0 Å². The molecule has 4 atom stereocenters. The Morgan fingerprint density at radius 2 is 1.88 bits per heavy atom. The normalized spacial score (nSPS) is 32.5. The van der Waals surface area contributed by atoms with Crippen molar-refractivity contribution < 1.29 is 48.2 Å². The van der Waals surface area contributed by atoms with Gasteiger partial charge in [-0.15, -0.1) is 0 Å². The second-order valence-electron chi connectivity index (χ2n) is 5.14. The molecule has 1 fully saturated rings. The first-order valence-corrected chi connectivity index (χ1v) is 8.19. The van der Waals surface area contributed by atoms with Gasteiger partial charge in [0.1, 0.15) is 18.3 Å². The van der Waals surface area contributed by atoms with E-state index in [-0.39, 0.29) is 0 Å². The number of aliphatic imine (C=N–C) groups is 2. The lowest BCUT2D eigenvalue weighted by Gasteiger charge is -2.26. The zero-order valence-electron chi connectivity index (χ0n) is 12.0. The first-order chi connectivity index (χ1) is 11.6. The number of urea groups is 2. The lowest BCUT2D eigenvalue weighted by atomic mass is 10.1. The van der Waals surface area contributed by atoms with Crippen molar-refractivity contribution in [3.63, 3.8) is 0 Å². The summed E-state index contributed by atoms with van der Waals surface area (Å²) in [6, 6.07) is -2.14. The number of phosphoric ester groups is 1. The van der Waals surface area contributed by atoms with E-state index in [1.807, 2.05) is 5.32 Å². The summed E-state index contributed by atoms with van der Waals surface area (Å²) in [6.45, 7) is -0.791. The molecular formula is C10H11N4O10P. The van der Waals surface area contributed by atoms with Crippen LogP contribution in [0.15, 0.2) is 9.98 Å². The molecule has 0 saturated carbocycles. The third-order valence-corrected chi connectivity index (χ3v) is 3.98. The Morgan fingerprint density at radius 1 is 1.20 bits per heavy atom. The van der Waals surface area contributed by atoms with E-state index in [4.69, 9.17) is 14.5 Å². The van der Waals surface area contributed by atoms with E-state index in [0.29, 0.717) is 4.90 Å². The number of carbonyl (C=O) groups is 3. The van der Waals surface area contributed by atoms with Gasteiger partial charge in [0.15, 0.2) is 17.8 Å². The van der Waals surface area contributed by atoms with Crippen LogP contribution in [0.25, 0.3) is 0 Å². The third kappa shape index (κ3) is 3.23. The number of fused-ring (bicyclic) bond motifs is 1. The molecule has 0 aromatic heterocycles. The van der Waals surface area contributed by atoms with Crippen molar-refractivity contribution >= 4 is 37.3 Å². The number of amidine groups is 1. The summed E-state index contributed by atoms with van der Waals surface area (Å²) in [4.78, 5) is 59.7. The quantitative estimate of drug-likeness (QED) is 0.314. The molecule has 1 saturated heterocycles. The van der Waals surface area contributed by atoms with Gasteiger partial charge in [-0.25, -0.2) is 19.1 Å². The van der Waals surface area contributed by atoms with Gasteiger partial charge >= 0.3 is 19.9 Å². The van der Waals surface area contributed by atoms with Crippen molar-refractivity contribution in [2.24, 2.45) is 9.98 Å². The van der Waals surface area contributed by atoms with Crippen molar-refractivity contribution in [3.8, 4) is 0 Å². The average molecular weight is 378 g/mol. The number of ether oxygens (including phenoxy) is 1. The first kappa shape index (κ1) is 17.8. The average Bonchev–Trinajstić information content (AvgIpc) is 2.95. The Hall–Kier alpha value is -2.06. The monoisotopic (exact) mass is 378 g/mol. The smallest absolute Gasteiger partial charge is 0.387 e. The van der Waals surface area contributed by atoms with Crippen LogP contribution >= 0.6 is 7.82 Å². The largest absolute Gasteiger partial charge is 0.469 e. The highest BCUT2D eigenvalue weighted by Crippen LogP contribution is 2.37. The van der Waals surface area contributed by atoms with E-state index in [1.165, 1.54) is 0 Å². The maximum atomic E-state index is 12.0. The van der Waals surface area contributed by atoms with Gasteiger partial charge in [-0.3, -0.25) is 14.6 Å². The molecule has 3 aliphatic rings. The molecule has 0 spiro atoms. The lowest BCUT2D eigenvalue weighted by Crippen LogP contribution is -2.53. The second-order valence-corrected chi connectivity index (χ2v) is 6.38. The fraction of sp³-hybridized carbons (Fsp3) is 0.500. The number of hydrogen-bond acceptors (Lipinski definition) is 8. The van der Waals surface area contributed by atoms with Gasteiger partial charge in [-0.2, -0.15) is 9.98 Å². The Balaban J connectivity index is 1.82. The van der Waals surface area contributed by atoms with Crippen molar-refractivity contribution in [1.29, 1.82) is 0 Å². The molecule has 5 N–H and O–H groups in total. The van der Waals surface area contributed by atoms with Crippen molar-refractivity contribution in [3.05, 3.63) is 0 Å². The summed E-state index contributed by atoms with van der Waals surface area (Å²) in [5.74, 6) is -1.44. The number of phosphoric acid groups is 1. The van der Waals surface area contributed by atoms with Crippen molar-refractivity contribution in [1.82, 2.24) is 10.2 Å². The van der Waals surface area contributed by atoms with Crippen molar-refractivity contribution in [2.45, 2.75) is 24.5 Å². The second kappa shape index (κ2) is 6.03. The standard InChI is InChI=1S/C10H11N4O10P/c15-4-2(1-23-25(20,21)22)24-8(5(4)16)14-6-3(11-10(14)19)7(17)13-9(18)12-6/h2,4-5,8,15-16H,1H2,(H,13,17,18)(H2,20,21,22)/t2-,4-,5-,8-/m1/s1. The minimum absolute atomic E-state index is 0.466. The molecule has 3 heterocycles. The van der Waals surface area contributed by atoms with Crippen LogP contribution < -0.4 is 5.32 Å². The molecule has 136 valence electrons. The summed E-state index contributed by atoms with van der Waals surface area (Å²) in [7, 11) is -4.86. The summed E-state index contributed by atoms with van der Waals surface area (Å²) >= 11 is 0. The van der Waals surface area contributed by atoms with Crippen LogP contribution in [0.3, 0.4) is 0 Å². The van der Waals surface area contributed by atoms with Crippen LogP contribution in [0.2, 0.25) is 0 Å². The molecular weight excluding hydrogens is 367 g/mol. The zero-order chi connectivity index (χ0) is 18.5. The fourth-order valence-corrected chi connectivity index (χ4v) is 2.76. The predicted molar refractivity (Wildman–Crippen MR) is 74.3 cm³/mol. The lowest BCUT2D eigenvalue weighted by molar-refractivity contribution is -0.113. The number of aliphatic hydroxyl groups excluding tert-OH is 2. The number of carbonyl (C=O) groups excluding carboxylic acids is 3. The maximum Gasteiger partial charge on any atom is 0.469 e. The van der Waals surface area contributed by atoms with Crippen LogP contribution in [-0.2, 0) is 18.6 Å². The van der Waals surface area contributed by atoms with Gasteiger partial charge < -0.3 is 24.7 Å². The highest BCUT2D eigenvalue weighted by atomic mass is 31.2. The molecule has 0 radical (unpaired) electrons. The Bertz CT molecular complexity index is 759. The fourth-order valence-electron chi connectivity index (χ4n) is 2.42. The molecule has 0 aromatic rings. The first-order valence-electron chi connectivity index (χ1n) is 6.66. The molecule has 25 heavy (non-hydrogen) atoms. The summed E-state index contributed by atoms with van der Waals surface area (Å²) in [6.07, 6.45) is -6.43. The molecule has 3 rings (SSSR count). The molecule has 14 nitrogen and oxygen atoms in total. The van der Waals surface area contributed by atoms with E-state index < -0.39 is 68.5 Å². The van der Waals surface area contributed by atoms with Crippen LogP contribution in [0.1, 0.15) is 0 Å². The van der Waals surface area contributed by atoms with Gasteiger partial charge in [0.2, 0.25) is 0 Å². The van der Waals surface area contributed by atoms with Gasteiger partial charge in [0.25, 0.3) is 5.91 Å². The molecule has 5 amide bonds. The minimum atomic E-state index is -4.86. The van der Waals surface area contributed by atoms with Crippen LogP contribution in [0, 0.1) is 0 Å². The number of amides is 5. The molecule has 3 aliphatic heterocycles. The summed E-state index contributed by atoms with van der Waals surface area (Å²) < 4.78 is 20.1. The van der Waals surface area contributed by atoms with E-state index >= 15 is 0 Å². The van der Waals surface area contributed by atoms with E-state index in [1.54, 1.807) is 0 Å². The number of aliphatic hydroxyl groups is 2. The van der Waals surface area contributed by atoms with E-state index in [2.05, 4.69) is 14.5 Å². The summed E-state index contributed by atoms with van der Waals surface area (Å²) in [5.41, 5.74) is -0.468. The maximum absolute atomic E-state index is 12.0. The summed E-state index contributed by atoms with van der Waals surface area (Å²) in [5, 5.41) is 21.8. The Labute approximate surface area is 138 Å². The van der Waals surface area contributed by atoms with Gasteiger partial charge in [-0.05, 0) is 0 Å². The Kier molecular flexibility index (Phi) is 4.28. The highest BCUT2D eigenvalue weighted by Gasteiger charge is 2.52. The predicted octanol–water partition coefficient (Wildman–Crippen LogP) is -2.93. The molecule has 15 heteroatoms. The van der Waals surface area contributed by atoms with Crippen LogP contribution in [-0.4, -0.2) is 85.6 Å². The minimum Gasteiger partial charge on any atom is -0.387 e. The number of rotatable bonds is 4. The zero-order valence-corrected chi connectivity index (χ0v) is 12.9.